The van der Waals surface area contributed by atoms with Crippen molar-refractivity contribution in [3.8, 4) is 0 Å². The zero-order valence-corrected chi connectivity index (χ0v) is 18.2. The number of hydrogen-bond donors (Lipinski definition) is 1. The van der Waals surface area contributed by atoms with Gasteiger partial charge in [0.05, 0.1) is 18.2 Å². The molecule has 10 heteroatoms. The molecule has 0 unspecified atom stereocenters. The first-order valence-corrected chi connectivity index (χ1v) is 11.6. The molecule has 0 bridgehead atoms. The number of carbonyl (C=O) groups is 3. The highest BCUT2D eigenvalue weighted by molar-refractivity contribution is 7.15. The highest BCUT2D eigenvalue weighted by Crippen LogP contribution is 2.32. The molecule has 8 nitrogen and oxygen atoms in total. The maximum Gasteiger partial charge on any atom is 0.255 e. The number of hydrogen-bond acceptors (Lipinski definition) is 6. The van der Waals surface area contributed by atoms with E-state index in [9.17, 15) is 18.8 Å². The van der Waals surface area contributed by atoms with E-state index in [0.717, 1.165) is 17.0 Å². The maximum absolute atomic E-state index is 13.2. The van der Waals surface area contributed by atoms with Gasteiger partial charge in [0.2, 0.25) is 11.8 Å². The molecule has 1 aromatic carbocycles. The fourth-order valence-corrected chi connectivity index (χ4v) is 5.44. The van der Waals surface area contributed by atoms with Gasteiger partial charge in [0, 0.05) is 43.1 Å². The van der Waals surface area contributed by atoms with Gasteiger partial charge in [-0.25, -0.2) is 9.37 Å². The smallest absolute Gasteiger partial charge is 0.255 e. The Bertz CT molecular complexity index is 1050. The van der Waals surface area contributed by atoms with Crippen LogP contribution in [0.4, 0.5) is 15.2 Å². The molecule has 0 spiro atoms. The Labute approximate surface area is 188 Å². The van der Waals surface area contributed by atoms with Crippen molar-refractivity contribution in [2.24, 2.45) is 5.92 Å². The molecule has 168 valence electrons. The summed E-state index contributed by atoms with van der Waals surface area (Å²) in [6.45, 7) is 1.84. The van der Waals surface area contributed by atoms with Crippen molar-refractivity contribution < 1.29 is 23.5 Å². The molecule has 4 heterocycles. The van der Waals surface area contributed by atoms with Crippen molar-refractivity contribution in [2.75, 3.05) is 29.9 Å². The minimum absolute atomic E-state index is 0.0630. The van der Waals surface area contributed by atoms with Crippen LogP contribution in [0, 0.1) is 11.7 Å². The first-order chi connectivity index (χ1) is 15.5. The van der Waals surface area contributed by atoms with Gasteiger partial charge in [0.25, 0.3) is 5.91 Å². The largest absolute Gasteiger partial charge is 0.368 e. The van der Waals surface area contributed by atoms with Gasteiger partial charge >= 0.3 is 0 Å². The number of amides is 3. The molecule has 2 atom stereocenters. The average Bonchev–Trinajstić information content (AvgIpc) is 3.53. The molecule has 2 aromatic rings. The summed E-state index contributed by atoms with van der Waals surface area (Å²) in [4.78, 5) is 46.7. The summed E-state index contributed by atoms with van der Waals surface area (Å²) in [5.41, 5.74) is 1.50. The Morgan fingerprint density at radius 2 is 2.06 bits per heavy atom. The van der Waals surface area contributed by atoms with Crippen molar-refractivity contribution in [1.29, 1.82) is 0 Å². The summed E-state index contributed by atoms with van der Waals surface area (Å²) in [5.74, 6) is -1.17. The van der Waals surface area contributed by atoms with Crippen LogP contribution in [-0.4, -0.2) is 53.4 Å². The topological polar surface area (TPSA) is 91.8 Å². The van der Waals surface area contributed by atoms with Gasteiger partial charge in [-0.2, -0.15) is 0 Å². The van der Waals surface area contributed by atoms with E-state index < -0.39 is 12.0 Å². The lowest BCUT2D eigenvalue weighted by Crippen LogP contribution is -2.40. The van der Waals surface area contributed by atoms with Gasteiger partial charge in [-0.05, 0) is 37.1 Å². The van der Waals surface area contributed by atoms with Crippen LogP contribution < -0.4 is 10.2 Å². The molecule has 0 saturated carbocycles. The van der Waals surface area contributed by atoms with Gasteiger partial charge in [-0.1, -0.05) is 11.3 Å². The summed E-state index contributed by atoms with van der Waals surface area (Å²) in [6, 6.07) is 5.72. The molecular weight excluding hydrogens is 435 g/mol. The molecule has 2 saturated heterocycles. The number of carbonyl (C=O) groups excluding carboxylic acids is 3. The lowest BCUT2D eigenvalue weighted by Gasteiger charge is -2.28. The number of nitrogens with zero attached hydrogens (tertiary/aromatic N) is 3. The van der Waals surface area contributed by atoms with Gasteiger partial charge in [0.15, 0.2) is 5.13 Å². The maximum atomic E-state index is 13.2. The predicted octanol–water partition coefficient (Wildman–Crippen LogP) is 2.34. The van der Waals surface area contributed by atoms with Crippen molar-refractivity contribution in [3.05, 3.63) is 40.7 Å². The quantitative estimate of drug-likeness (QED) is 0.759. The summed E-state index contributed by atoms with van der Waals surface area (Å²) < 4.78 is 18.6. The Balaban J connectivity index is 1.22. The van der Waals surface area contributed by atoms with E-state index in [2.05, 4.69) is 10.3 Å². The van der Waals surface area contributed by atoms with Crippen molar-refractivity contribution in [1.82, 2.24) is 9.88 Å². The third-order valence-corrected chi connectivity index (χ3v) is 7.11. The van der Waals surface area contributed by atoms with Crippen LogP contribution >= 0.6 is 11.3 Å². The van der Waals surface area contributed by atoms with Gasteiger partial charge in [0.1, 0.15) is 11.9 Å². The molecule has 3 aliphatic heterocycles. The molecule has 3 amide bonds. The minimum atomic E-state index is -0.430. The number of rotatable bonds is 4. The first-order valence-electron chi connectivity index (χ1n) is 10.7. The zero-order valence-electron chi connectivity index (χ0n) is 17.4. The Morgan fingerprint density at radius 1 is 1.25 bits per heavy atom. The van der Waals surface area contributed by atoms with Crippen molar-refractivity contribution in [3.63, 3.8) is 0 Å². The standard InChI is InChI=1S/C22H23FN4O4S/c23-14-3-5-15(6-4-14)27-11-13(10-19(27)28)21(30)26-8-7-16-18(12-26)32-22(24-16)25-20(29)17-2-1-9-31-17/h3-6,13,17H,1-2,7-12H2,(H,24,25,29)/t13-,17-/m1/s1. The summed E-state index contributed by atoms with van der Waals surface area (Å²) in [5, 5.41) is 3.37. The molecule has 0 radical (unpaired) electrons. The van der Waals surface area contributed by atoms with Gasteiger partial charge < -0.3 is 14.5 Å². The van der Waals surface area contributed by atoms with E-state index in [-0.39, 0.29) is 36.5 Å². The van der Waals surface area contributed by atoms with Crippen LogP contribution in [0.5, 0.6) is 0 Å². The molecule has 1 N–H and O–H groups in total. The van der Waals surface area contributed by atoms with Gasteiger partial charge in [-0.3, -0.25) is 19.7 Å². The van der Waals surface area contributed by atoms with E-state index >= 15 is 0 Å². The zero-order chi connectivity index (χ0) is 22.2. The first kappa shape index (κ1) is 21.0. The molecule has 2 fully saturated rings. The number of aromatic nitrogens is 1. The van der Waals surface area contributed by atoms with E-state index in [0.29, 0.717) is 43.4 Å². The third-order valence-electron chi connectivity index (χ3n) is 6.11. The average molecular weight is 459 g/mol. The van der Waals surface area contributed by atoms with Crippen LogP contribution in [0.1, 0.15) is 29.8 Å². The summed E-state index contributed by atoms with van der Waals surface area (Å²) in [7, 11) is 0. The molecule has 3 aliphatic rings. The number of benzene rings is 1. The van der Waals surface area contributed by atoms with Crippen LogP contribution in [-0.2, 0) is 32.1 Å². The predicted molar refractivity (Wildman–Crippen MR) is 116 cm³/mol. The number of nitrogens with one attached hydrogen (secondary N) is 1. The van der Waals surface area contributed by atoms with Crippen molar-refractivity contribution >= 4 is 39.9 Å². The fourth-order valence-electron chi connectivity index (χ4n) is 4.41. The number of ether oxygens (including phenoxy) is 1. The van der Waals surface area contributed by atoms with Crippen LogP contribution in [0.3, 0.4) is 0 Å². The van der Waals surface area contributed by atoms with E-state index in [1.54, 1.807) is 21.9 Å². The lowest BCUT2D eigenvalue weighted by atomic mass is 10.1. The van der Waals surface area contributed by atoms with Crippen LogP contribution in [0.25, 0.3) is 0 Å². The summed E-state index contributed by atoms with van der Waals surface area (Å²) >= 11 is 1.38. The van der Waals surface area contributed by atoms with Crippen LogP contribution in [0.2, 0.25) is 0 Å². The monoisotopic (exact) mass is 458 g/mol. The highest BCUT2D eigenvalue weighted by Gasteiger charge is 2.38. The summed E-state index contributed by atoms with van der Waals surface area (Å²) in [6.07, 6.45) is 1.93. The Hall–Kier alpha value is -2.85. The SMILES string of the molecule is O=C(Nc1nc2c(s1)CN(C(=O)[C@@H]1CC(=O)N(c3ccc(F)cc3)C1)CC2)[C@H]1CCCO1. The molecule has 1 aromatic heterocycles. The molecule has 0 aliphatic carbocycles. The normalized spacial score (nSPS) is 22.8. The molecule has 32 heavy (non-hydrogen) atoms. The number of fused-ring (bicyclic) bond motifs is 1. The molecular formula is C22H23FN4O4S. The van der Waals surface area contributed by atoms with Crippen molar-refractivity contribution in [2.45, 2.75) is 38.3 Å². The highest BCUT2D eigenvalue weighted by atomic mass is 32.1. The second-order valence-corrected chi connectivity index (χ2v) is 9.36. The second-order valence-electron chi connectivity index (χ2n) is 8.27. The number of halogens is 1. The van der Waals surface area contributed by atoms with E-state index in [1.165, 1.54) is 23.5 Å². The second kappa shape index (κ2) is 8.59. The van der Waals surface area contributed by atoms with E-state index in [4.69, 9.17) is 4.74 Å². The van der Waals surface area contributed by atoms with E-state index in [1.807, 2.05) is 0 Å². The minimum Gasteiger partial charge on any atom is -0.368 e. The van der Waals surface area contributed by atoms with Gasteiger partial charge in [-0.15, -0.1) is 0 Å². The third kappa shape index (κ3) is 4.12. The van der Waals surface area contributed by atoms with Crippen LogP contribution in [0.15, 0.2) is 24.3 Å². The molecule has 5 rings (SSSR count). The fraction of sp³-hybridized carbons (Fsp3) is 0.455. The lowest BCUT2D eigenvalue weighted by molar-refractivity contribution is -0.136. The Kier molecular flexibility index (Phi) is 5.64. The number of thiazole rings is 1. The number of anilines is 2. The Morgan fingerprint density at radius 3 is 2.81 bits per heavy atom.